The van der Waals surface area contributed by atoms with E-state index < -0.39 is 0 Å². The van der Waals surface area contributed by atoms with Gasteiger partial charge in [0.1, 0.15) is 0 Å². The minimum Gasteiger partial charge on any atom is -0.490 e. The Bertz CT molecular complexity index is 433. The van der Waals surface area contributed by atoms with Crippen LogP contribution in [0.4, 0.5) is 0 Å². The van der Waals surface area contributed by atoms with Crippen LogP contribution in [0.15, 0.2) is 18.2 Å². The van der Waals surface area contributed by atoms with E-state index in [-0.39, 0.29) is 5.41 Å². The van der Waals surface area contributed by atoms with Crippen molar-refractivity contribution in [2.45, 2.75) is 51.5 Å². The molecule has 1 saturated carbocycles. The normalized spacial score (nSPS) is 26.4. The molecule has 3 nitrogen and oxygen atoms in total. The minimum atomic E-state index is 0.177. The average molecular weight is 263 g/mol. The van der Waals surface area contributed by atoms with Gasteiger partial charge in [0.15, 0.2) is 11.5 Å². The fourth-order valence-electron chi connectivity index (χ4n) is 2.98. The molecular weight excluding hydrogens is 238 g/mol. The molecule has 0 heterocycles. The van der Waals surface area contributed by atoms with Crippen molar-refractivity contribution in [3.05, 3.63) is 23.8 Å². The van der Waals surface area contributed by atoms with Crippen molar-refractivity contribution < 1.29 is 9.47 Å². The summed E-state index contributed by atoms with van der Waals surface area (Å²) in [4.78, 5) is 0. The summed E-state index contributed by atoms with van der Waals surface area (Å²) in [5, 5.41) is 0. The highest BCUT2D eigenvalue weighted by atomic mass is 16.5. The number of nitrogens with two attached hydrogens (primary N) is 1. The molecule has 0 bridgehead atoms. The Morgan fingerprint density at radius 2 is 1.89 bits per heavy atom. The van der Waals surface area contributed by atoms with E-state index in [1.54, 1.807) is 0 Å². The first kappa shape index (κ1) is 14.2. The lowest BCUT2D eigenvalue weighted by atomic mass is 9.80. The lowest BCUT2D eigenvalue weighted by molar-refractivity contribution is 0.286. The van der Waals surface area contributed by atoms with E-state index in [1.807, 2.05) is 19.9 Å². The van der Waals surface area contributed by atoms with E-state index in [1.165, 1.54) is 5.56 Å². The molecule has 0 saturated heterocycles. The number of ether oxygens (including phenoxy) is 2. The Labute approximate surface area is 116 Å². The van der Waals surface area contributed by atoms with Crippen LogP contribution < -0.4 is 15.2 Å². The van der Waals surface area contributed by atoms with E-state index in [9.17, 15) is 0 Å². The maximum absolute atomic E-state index is 6.07. The van der Waals surface area contributed by atoms with E-state index in [0.29, 0.717) is 19.3 Å². The van der Waals surface area contributed by atoms with Crippen LogP contribution in [-0.4, -0.2) is 19.3 Å². The van der Waals surface area contributed by atoms with Gasteiger partial charge in [0.05, 0.1) is 13.2 Å². The van der Waals surface area contributed by atoms with Gasteiger partial charge in [-0.2, -0.15) is 0 Å². The van der Waals surface area contributed by atoms with Crippen LogP contribution >= 0.6 is 0 Å². The summed E-state index contributed by atoms with van der Waals surface area (Å²) >= 11 is 0. The van der Waals surface area contributed by atoms with Crippen molar-refractivity contribution in [3.63, 3.8) is 0 Å². The van der Waals surface area contributed by atoms with E-state index >= 15 is 0 Å². The fourth-order valence-corrected chi connectivity index (χ4v) is 2.98. The fraction of sp³-hybridized carbons (Fsp3) is 0.625. The predicted molar refractivity (Wildman–Crippen MR) is 78.0 cm³/mol. The summed E-state index contributed by atoms with van der Waals surface area (Å²) < 4.78 is 11.3. The zero-order valence-corrected chi connectivity index (χ0v) is 12.2. The van der Waals surface area contributed by atoms with Gasteiger partial charge < -0.3 is 15.2 Å². The van der Waals surface area contributed by atoms with Gasteiger partial charge in [-0.05, 0) is 56.2 Å². The van der Waals surface area contributed by atoms with Crippen LogP contribution in [0, 0.1) is 0 Å². The molecule has 0 spiro atoms. The first-order valence-corrected chi connectivity index (χ1v) is 7.24. The Hall–Kier alpha value is -1.22. The summed E-state index contributed by atoms with van der Waals surface area (Å²) in [7, 11) is 0. The Balaban J connectivity index is 2.29. The highest BCUT2D eigenvalue weighted by Gasteiger charge is 2.35. The summed E-state index contributed by atoms with van der Waals surface area (Å²) in [5.41, 5.74) is 7.56. The molecule has 0 aliphatic heterocycles. The van der Waals surface area contributed by atoms with Crippen LogP contribution in [0.2, 0.25) is 0 Å². The lowest BCUT2D eigenvalue weighted by Gasteiger charge is -2.25. The van der Waals surface area contributed by atoms with Crippen molar-refractivity contribution >= 4 is 0 Å². The van der Waals surface area contributed by atoms with Crippen molar-refractivity contribution in [2.24, 2.45) is 5.73 Å². The molecular formula is C16H25NO2. The second-order valence-electron chi connectivity index (χ2n) is 5.59. The molecule has 3 heteroatoms. The number of benzene rings is 1. The second kappa shape index (κ2) is 5.83. The lowest BCUT2D eigenvalue weighted by Crippen LogP contribution is -2.22. The number of hydrogen-bond acceptors (Lipinski definition) is 3. The summed E-state index contributed by atoms with van der Waals surface area (Å²) in [5.74, 6) is 1.68. The first-order chi connectivity index (χ1) is 9.09. The average Bonchev–Trinajstić information content (AvgIpc) is 2.73. The molecule has 1 aromatic carbocycles. The molecule has 2 atom stereocenters. The highest BCUT2D eigenvalue weighted by Crippen LogP contribution is 2.42. The molecule has 2 N–H and O–H groups in total. The van der Waals surface area contributed by atoms with Crippen LogP contribution in [-0.2, 0) is 5.41 Å². The molecule has 1 aliphatic rings. The maximum atomic E-state index is 6.07. The van der Waals surface area contributed by atoms with Gasteiger partial charge in [0, 0.05) is 6.04 Å². The third-order valence-electron chi connectivity index (χ3n) is 4.02. The third kappa shape index (κ3) is 3.03. The van der Waals surface area contributed by atoms with Gasteiger partial charge in [0.25, 0.3) is 0 Å². The molecule has 106 valence electrons. The Kier molecular flexibility index (Phi) is 4.35. The monoisotopic (exact) mass is 263 g/mol. The van der Waals surface area contributed by atoms with Crippen LogP contribution in [0.3, 0.4) is 0 Å². The van der Waals surface area contributed by atoms with Gasteiger partial charge >= 0.3 is 0 Å². The predicted octanol–water partition coefficient (Wildman–Crippen LogP) is 3.25. The molecule has 1 fully saturated rings. The molecule has 0 aromatic heterocycles. The SMILES string of the molecule is CCOc1ccc(C2(C)CCC(N)C2)cc1OCC. The molecule has 1 aliphatic carbocycles. The maximum Gasteiger partial charge on any atom is 0.161 e. The smallest absolute Gasteiger partial charge is 0.161 e. The van der Waals surface area contributed by atoms with Crippen LogP contribution in [0.1, 0.15) is 45.6 Å². The molecule has 0 radical (unpaired) electrons. The first-order valence-electron chi connectivity index (χ1n) is 7.24. The quantitative estimate of drug-likeness (QED) is 0.887. The van der Waals surface area contributed by atoms with Gasteiger partial charge in [-0.15, -0.1) is 0 Å². The second-order valence-corrected chi connectivity index (χ2v) is 5.59. The molecule has 19 heavy (non-hydrogen) atoms. The third-order valence-corrected chi connectivity index (χ3v) is 4.02. The van der Waals surface area contributed by atoms with E-state index in [4.69, 9.17) is 15.2 Å². The van der Waals surface area contributed by atoms with E-state index in [2.05, 4.69) is 19.1 Å². The van der Waals surface area contributed by atoms with Crippen molar-refractivity contribution in [3.8, 4) is 11.5 Å². The standard InChI is InChI=1S/C16H25NO2/c1-4-18-14-7-6-12(10-15(14)19-5-2)16(3)9-8-13(17)11-16/h6-7,10,13H,4-5,8-9,11,17H2,1-3H3. The minimum absolute atomic E-state index is 0.177. The topological polar surface area (TPSA) is 44.5 Å². The summed E-state index contributed by atoms with van der Waals surface area (Å²) in [6.45, 7) is 7.59. The molecule has 1 aromatic rings. The number of hydrogen-bond donors (Lipinski definition) is 1. The number of rotatable bonds is 5. The van der Waals surface area contributed by atoms with Gasteiger partial charge in [-0.3, -0.25) is 0 Å². The highest BCUT2D eigenvalue weighted by molar-refractivity contribution is 5.45. The summed E-state index contributed by atoms with van der Waals surface area (Å²) in [6.07, 6.45) is 3.30. The van der Waals surface area contributed by atoms with Crippen molar-refractivity contribution in [2.75, 3.05) is 13.2 Å². The zero-order valence-electron chi connectivity index (χ0n) is 12.2. The zero-order chi connectivity index (χ0) is 13.9. The summed E-state index contributed by atoms with van der Waals surface area (Å²) in [6, 6.07) is 6.64. The van der Waals surface area contributed by atoms with Crippen LogP contribution in [0.25, 0.3) is 0 Å². The molecule has 2 unspecified atom stereocenters. The Morgan fingerprint density at radius 1 is 1.21 bits per heavy atom. The van der Waals surface area contributed by atoms with Crippen molar-refractivity contribution in [1.29, 1.82) is 0 Å². The molecule has 0 amide bonds. The van der Waals surface area contributed by atoms with Gasteiger partial charge in [-0.25, -0.2) is 0 Å². The van der Waals surface area contributed by atoms with Gasteiger partial charge in [0.2, 0.25) is 0 Å². The van der Waals surface area contributed by atoms with Crippen LogP contribution in [0.5, 0.6) is 11.5 Å². The molecule has 2 rings (SSSR count). The van der Waals surface area contributed by atoms with Crippen molar-refractivity contribution in [1.82, 2.24) is 0 Å². The van der Waals surface area contributed by atoms with Gasteiger partial charge in [-0.1, -0.05) is 13.0 Å². The van der Waals surface area contributed by atoms with E-state index in [0.717, 1.165) is 30.8 Å². The largest absolute Gasteiger partial charge is 0.490 e. The Morgan fingerprint density at radius 3 is 2.47 bits per heavy atom.